The molecule has 0 saturated carbocycles. The van der Waals surface area contributed by atoms with Gasteiger partial charge in [-0.05, 0) is 55.8 Å². The SMILES string of the molecule is CCn1c(=O)c2cnc(Nc3ccc(N4CCOCC4)c(C)c3)nc2n1-c1cccc(C(=O)O)c1. The lowest BCUT2D eigenvalue weighted by Crippen LogP contribution is -2.36. The van der Waals surface area contributed by atoms with Gasteiger partial charge in [0.25, 0.3) is 5.56 Å². The highest BCUT2D eigenvalue weighted by Gasteiger charge is 2.18. The second kappa shape index (κ2) is 9.22. The molecule has 3 heterocycles. The van der Waals surface area contributed by atoms with Gasteiger partial charge in [-0.25, -0.2) is 19.1 Å². The van der Waals surface area contributed by atoms with Crippen molar-refractivity contribution in [3.05, 3.63) is 70.1 Å². The molecule has 180 valence electrons. The molecule has 0 atom stereocenters. The van der Waals surface area contributed by atoms with Crippen molar-refractivity contribution in [1.29, 1.82) is 0 Å². The average molecular weight is 475 g/mol. The Labute approximate surface area is 201 Å². The lowest BCUT2D eigenvalue weighted by Gasteiger charge is -2.30. The van der Waals surface area contributed by atoms with Crippen molar-refractivity contribution in [2.24, 2.45) is 0 Å². The summed E-state index contributed by atoms with van der Waals surface area (Å²) < 4.78 is 8.61. The van der Waals surface area contributed by atoms with Crippen molar-refractivity contribution >= 4 is 34.3 Å². The van der Waals surface area contributed by atoms with E-state index in [-0.39, 0.29) is 11.1 Å². The molecule has 10 heteroatoms. The molecule has 1 fully saturated rings. The molecule has 10 nitrogen and oxygen atoms in total. The molecule has 1 aliphatic heterocycles. The van der Waals surface area contributed by atoms with E-state index in [0.717, 1.165) is 37.6 Å². The molecule has 0 radical (unpaired) electrons. The summed E-state index contributed by atoms with van der Waals surface area (Å²) in [4.78, 5) is 35.8. The zero-order chi connectivity index (χ0) is 24.5. The molecule has 0 bridgehead atoms. The van der Waals surface area contributed by atoms with Crippen LogP contribution in [-0.2, 0) is 11.3 Å². The van der Waals surface area contributed by atoms with E-state index in [2.05, 4.69) is 33.2 Å². The van der Waals surface area contributed by atoms with Crippen molar-refractivity contribution in [1.82, 2.24) is 19.3 Å². The van der Waals surface area contributed by atoms with Gasteiger partial charge < -0.3 is 20.1 Å². The molecule has 0 aliphatic carbocycles. The van der Waals surface area contributed by atoms with Gasteiger partial charge in [-0.15, -0.1) is 0 Å². The fraction of sp³-hybridized carbons (Fsp3) is 0.280. The summed E-state index contributed by atoms with van der Waals surface area (Å²) in [5, 5.41) is 13.0. The van der Waals surface area contributed by atoms with Crippen LogP contribution < -0.4 is 15.8 Å². The third-order valence-electron chi connectivity index (χ3n) is 6.12. The molecule has 1 saturated heterocycles. The Bertz CT molecular complexity index is 1470. The summed E-state index contributed by atoms with van der Waals surface area (Å²) in [6, 6.07) is 12.5. The minimum Gasteiger partial charge on any atom is -0.478 e. The molecule has 35 heavy (non-hydrogen) atoms. The summed E-state index contributed by atoms with van der Waals surface area (Å²) in [6.45, 7) is 7.48. The smallest absolute Gasteiger partial charge is 0.335 e. The number of ether oxygens (including phenoxy) is 1. The van der Waals surface area contributed by atoms with E-state index in [4.69, 9.17) is 4.74 Å². The topological polar surface area (TPSA) is 115 Å². The van der Waals surface area contributed by atoms with Gasteiger partial charge in [0.15, 0.2) is 5.65 Å². The van der Waals surface area contributed by atoms with Crippen LogP contribution in [0.25, 0.3) is 16.7 Å². The van der Waals surface area contributed by atoms with Crippen molar-refractivity contribution in [2.75, 3.05) is 36.5 Å². The maximum absolute atomic E-state index is 13.0. The molecule has 1 aliphatic rings. The number of carboxylic acids is 1. The fourth-order valence-electron chi connectivity index (χ4n) is 4.43. The summed E-state index contributed by atoms with van der Waals surface area (Å²) in [7, 11) is 0. The normalized spacial score (nSPS) is 13.8. The number of benzene rings is 2. The number of anilines is 3. The number of nitrogens with one attached hydrogen (secondary N) is 1. The van der Waals surface area contributed by atoms with Crippen molar-refractivity contribution < 1.29 is 14.6 Å². The molecule has 0 spiro atoms. The van der Waals surface area contributed by atoms with Gasteiger partial charge in [0, 0.05) is 37.2 Å². The number of hydrogen-bond acceptors (Lipinski definition) is 7. The maximum atomic E-state index is 13.0. The number of morpholine rings is 1. The van der Waals surface area contributed by atoms with Gasteiger partial charge in [0.05, 0.1) is 24.5 Å². The van der Waals surface area contributed by atoms with Crippen LogP contribution >= 0.6 is 0 Å². The van der Waals surface area contributed by atoms with Crippen molar-refractivity contribution in [3.8, 4) is 5.69 Å². The number of fused-ring (bicyclic) bond motifs is 1. The number of rotatable bonds is 6. The Kier molecular flexibility index (Phi) is 5.96. The molecule has 2 aromatic heterocycles. The zero-order valence-corrected chi connectivity index (χ0v) is 19.6. The summed E-state index contributed by atoms with van der Waals surface area (Å²) in [6.07, 6.45) is 1.51. The van der Waals surface area contributed by atoms with E-state index < -0.39 is 5.97 Å². The first-order chi connectivity index (χ1) is 17.0. The molecule has 4 aromatic rings. The first kappa shape index (κ1) is 22.6. The highest BCUT2D eigenvalue weighted by molar-refractivity contribution is 5.88. The van der Waals surface area contributed by atoms with E-state index in [0.29, 0.717) is 29.2 Å². The lowest BCUT2D eigenvalue weighted by atomic mass is 10.1. The van der Waals surface area contributed by atoms with Crippen LogP contribution in [0.2, 0.25) is 0 Å². The molecule has 0 amide bonds. The van der Waals surface area contributed by atoms with Crippen LogP contribution in [0.3, 0.4) is 0 Å². The van der Waals surface area contributed by atoms with E-state index in [1.54, 1.807) is 16.8 Å². The highest BCUT2D eigenvalue weighted by atomic mass is 16.5. The molecule has 2 N–H and O–H groups in total. The largest absolute Gasteiger partial charge is 0.478 e. The van der Waals surface area contributed by atoms with Gasteiger partial charge in [-0.3, -0.25) is 4.79 Å². The third-order valence-corrected chi connectivity index (χ3v) is 6.12. The predicted octanol–water partition coefficient (Wildman–Crippen LogP) is 3.19. The Hall–Kier alpha value is -4.18. The zero-order valence-electron chi connectivity index (χ0n) is 19.6. The van der Waals surface area contributed by atoms with E-state index in [1.807, 2.05) is 19.1 Å². The number of aromatic carboxylic acids is 1. The Morgan fingerprint density at radius 3 is 2.69 bits per heavy atom. The van der Waals surface area contributed by atoms with Gasteiger partial charge in [0.1, 0.15) is 5.39 Å². The van der Waals surface area contributed by atoms with E-state index >= 15 is 0 Å². The standard InChI is InChI=1S/C25H26N6O4/c1-3-30-23(32)20-15-26-25(28-22(20)31(30)19-6-4-5-17(14-19)24(33)34)27-18-7-8-21(16(2)13-18)29-9-11-35-12-10-29/h4-8,13-15H,3,9-12H2,1-2H3,(H,33,34)(H,26,27,28). The molecular weight excluding hydrogens is 448 g/mol. The van der Waals surface area contributed by atoms with Crippen molar-refractivity contribution in [3.63, 3.8) is 0 Å². The fourth-order valence-corrected chi connectivity index (χ4v) is 4.43. The molecule has 2 aromatic carbocycles. The van der Waals surface area contributed by atoms with E-state index in [9.17, 15) is 14.7 Å². The monoisotopic (exact) mass is 474 g/mol. The Morgan fingerprint density at radius 2 is 1.97 bits per heavy atom. The van der Waals surface area contributed by atoms with Crippen LogP contribution in [0, 0.1) is 6.92 Å². The Morgan fingerprint density at radius 1 is 1.17 bits per heavy atom. The van der Waals surface area contributed by atoms with E-state index in [1.165, 1.54) is 28.7 Å². The van der Waals surface area contributed by atoms with Gasteiger partial charge in [0.2, 0.25) is 5.95 Å². The first-order valence-corrected chi connectivity index (χ1v) is 11.5. The molecule has 0 unspecified atom stereocenters. The van der Waals surface area contributed by atoms with Crippen LogP contribution in [-0.4, -0.2) is 56.7 Å². The minimum absolute atomic E-state index is 0.127. The first-order valence-electron chi connectivity index (χ1n) is 11.5. The van der Waals surface area contributed by atoms with Gasteiger partial charge in [-0.2, -0.15) is 4.98 Å². The lowest BCUT2D eigenvalue weighted by molar-refractivity contribution is 0.0697. The van der Waals surface area contributed by atoms with Crippen molar-refractivity contribution in [2.45, 2.75) is 20.4 Å². The Balaban J connectivity index is 1.53. The number of aryl methyl sites for hydroxylation is 1. The quantitative estimate of drug-likeness (QED) is 0.438. The summed E-state index contributed by atoms with van der Waals surface area (Å²) in [5.74, 6) is -0.700. The maximum Gasteiger partial charge on any atom is 0.335 e. The van der Waals surface area contributed by atoms with Gasteiger partial charge >= 0.3 is 5.97 Å². The second-order valence-corrected chi connectivity index (χ2v) is 8.34. The number of carbonyl (C=O) groups is 1. The van der Waals surface area contributed by atoms with Crippen LogP contribution in [0.5, 0.6) is 0 Å². The van der Waals surface area contributed by atoms with Crippen LogP contribution in [0.15, 0.2) is 53.5 Å². The predicted molar refractivity (Wildman–Crippen MR) is 133 cm³/mol. The second-order valence-electron chi connectivity index (χ2n) is 8.34. The van der Waals surface area contributed by atoms with Gasteiger partial charge in [-0.1, -0.05) is 6.07 Å². The minimum atomic E-state index is -1.04. The number of hydrogen-bond donors (Lipinski definition) is 2. The molecule has 5 rings (SSSR count). The summed E-state index contributed by atoms with van der Waals surface area (Å²) >= 11 is 0. The number of carboxylic acid groups (broad SMARTS) is 1. The number of nitrogens with zero attached hydrogens (tertiary/aromatic N) is 5. The number of aromatic nitrogens is 4. The highest BCUT2D eigenvalue weighted by Crippen LogP contribution is 2.26. The third kappa shape index (κ3) is 4.24. The average Bonchev–Trinajstić information content (AvgIpc) is 3.15. The molecular formula is C25H26N6O4. The summed E-state index contributed by atoms with van der Waals surface area (Å²) in [5.41, 5.74) is 3.95. The van der Waals surface area contributed by atoms with Crippen LogP contribution in [0.1, 0.15) is 22.8 Å². The van der Waals surface area contributed by atoms with Crippen LogP contribution in [0.4, 0.5) is 17.3 Å².